The number of carbonyl (C=O) groups excluding carboxylic acids is 3. The quantitative estimate of drug-likeness (QED) is 0.359. The Balaban J connectivity index is 1.46. The summed E-state index contributed by atoms with van der Waals surface area (Å²) in [5.74, 6) is -0.365. The van der Waals surface area contributed by atoms with Crippen LogP contribution < -0.4 is 16.0 Å². The van der Waals surface area contributed by atoms with E-state index in [4.69, 9.17) is 5.11 Å². The van der Waals surface area contributed by atoms with Gasteiger partial charge in [-0.25, -0.2) is 4.79 Å². The number of hydrogen-bond acceptors (Lipinski definition) is 4. The van der Waals surface area contributed by atoms with Crippen molar-refractivity contribution in [1.82, 2.24) is 16.0 Å². The molecule has 2 aliphatic rings. The van der Waals surface area contributed by atoms with E-state index in [-0.39, 0.29) is 24.3 Å². The van der Waals surface area contributed by atoms with Gasteiger partial charge in [-0.15, -0.1) is 0 Å². The fourth-order valence-electron chi connectivity index (χ4n) is 4.72. The van der Waals surface area contributed by atoms with E-state index in [9.17, 15) is 19.2 Å². The molecule has 2 atom stereocenters. The number of nitrogens with one attached hydrogen (secondary N) is 3. The summed E-state index contributed by atoms with van der Waals surface area (Å²) in [7, 11) is 0. The number of carbonyl (C=O) groups is 4. The molecule has 0 spiro atoms. The van der Waals surface area contributed by atoms with Crippen LogP contribution in [0.1, 0.15) is 69.8 Å². The fraction of sp³-hybridized carbons (Fsp3) is 0.600. The molecule has 180 valence electrons. The lowest BCUT2D eigenvalue weighted by molar-refractivity contribution is -0.127. The van der Waals surface area contributed by atoms with E-state index in [1.165, 1.54) is 12.0 Å². The zero-order valence-corrected chi connectivity index (χ0v) is 19.1. The second kappa shape index (κ2) is 11.8. The van der Waals surface area contributed by atoms with Gasteiger partial charge in [0.1, 0.15) is 12.3 Å². The zero-order chi connectivity index (χ0) is 23.7. The van der Waals surface area contributed by atoms with Gasteiger partial charge in [-0.05, 0) is 43.6 Å². The summed E-state index contributed by atoms with van der Waals surface area (Å²) in [6, 6.07) is 8.26. The van der Waals surface area contributed by atoms with Crippen molar-refractivity contribution >= 4 is 24.2 Å². The third-order valence-corrected chi connectivity index (χ3v) is 6.73. The van der Waals surface area contributed by atoms with E-state index in [1.54, 1.807) is 0 Å². The minimum absolute atomic E-state index is 0.111. The van der Waals surface area contributed by atoms with E-state index in [0.29, 0.717) is 18.6 Å². The topological polar surface area (TPSA) is 125 Å². The Morgan fingerprint density at radius 3 is 2.36 bits per heavy atom. The summed E-state index contributed by atoms with van der Waals surface area (Å²) in [5, 5.41) is 17.1. The smallest absolute Gasteiger partial charge is 0.405 e. The second-order valence-electron chi connectivity index (χ2n) is 9.52. The maximum atomic E-state index is 12.7. The molecule has 8 heteroatoms. The highest BCUT2D eigenvalue weighted by atomic mass is 16.4. The Labute approximate surface area is 194 Å². The lowest BCUT2D eigenvalue weighted by Crippen LogP contribution is -2.50. The molecule has 1 aromatic carbocycles. The number of amides is 3. The van der Waals surface area contributed by atoms with Crippen molar-refractivity contribution in [3.8, 4) is 0 Å². The first kappa shape index (κ1) is 24.7. The molecule has 0 aliphatic heterocycles. The Morgan fingerprint density at radius 1 is 1.06 bits per heavy atom. The largest absolute Gasteiger partial charge is 0.465 e. The molecule has 3 rings (SSSR count). The molecule has 0 saturated heterocycles. The van der Waals surface area contributed by atoms with E-state index in [0.717, 1.165) is 44.9 Å². The Kier molecular flexibility index (Phi) is 8.86. The zero-order valence-electron chi connectivity index (χ0n) is 19.1. The molecule has 4 N–H and O–H groups in total. The van der Waals surface area contributed by atoms with E-state index >= 15 is 0 Å². The molecule has 0 unspecified atom stereocenters. The molecule has 3 amide bonds. The lowest BCUT2D eigenvalue weighted by Gasteiger charge is -2.26. The van der Waals surface area contributed by atoms with Crippen molar-refractivity contribution < 1.29 is 24.3 Å². The molecule has 2 saturated carbocycles. The molecule has 0 radical (unpaired) electrons. The van der Waals surface area contributed by atoms with Crippen molar-refractivity contribution in [3.63, 3.8) is 0 Å². The maximum absolute atomic E-state index is 12.7. The first-order valence-corrected chi connectivity index (χ1v) is 12.0. The van der Waals surface area contributed by atoms with Gasteiger partial charge in [-0.2, -0.15) is 0 Å². The Bertz CT molecular complexity index is 819. The summed E-state index contributed by atoms with van der Waals surface area (Å²) in [5.41, 5.74) is 0.956. The van der Waals surface area contributed by atoms with Gasteiger partial charge in [0.25, 0.3) is 0 Å². The van der Waals surface area contributed by atoms with Gasteiger partial charge >= 0.3 is 6.09 Å². The van der Waals surface area contributed by atoms with Crippen LogP contribution >= 0.6 is 0 Å². The normalized spacial score (nSPS) is 19.0. The van der Waals surface area contributed by atoms with Crippen LogP contribution in [0.2, 0.25) is 0 Å². The summed E-state index contributed by atoms with van der Waals surface area (Å²) in [6.45, 7) is 0. The molecule has 2 fully saturated rings. The number of benzene rings is 1. The van der Waals surface area contributed by atoms with Crippen LogP contribution in [-0.2, 0) is 20.8 Å². The predicted octanol–water partition coefficient (Wildman–Crippen LogP) is 2.95. The molecule has 2 aliphatic carbocycles. The van der Waals surface area contributed by atoms with Crippen LogP contribution in [0.15, 0.2) is 30.3 Å². The highest BCUT2D eigenvalue weighted by Crippen LogP contribution is 2.38. The van der Waals surface area contributed by atoms with Crippen molar-refractivity contribution in [2.75, 3.05) is 0 Å². The first-order chi connectivity index (χ1) is 15.9. The SMILES string of the molecule is O=C[C@H](CCC(=O)NC1(Cc2ccccc2)CC1)NC(=O)[C@H](CC1CCCCC1)NC(=O)O. The standard InChI is InChI=1S/C25H35N3O5/c29-17-20(26-23(31)21(27-24(32)33)15-18-7-3-1-4-8-18)11-12-22(30)28-25(13-14-25)16-19-9-5-2-6-10-19/h2,5-6,9-10,17-18,20-21,27H,1,3-4,7-8,11-16H2,(H,26,31)(H,28,30)(H,32,33)/t20-,21-/m0/s1. The molecule has 0 heterocycles. The summed E-state index contributed by atoms with van der Waals surface area (Å²) in [4.78, 5) is 47.9. The van der Waals surface area contributed by atoms with Crippen LogP contribution in [0.25, 0.3) is 0 Å². The fourth-order valence-corrected chi connectivity index (χ4v) is 4.72. The van der Waals surface area contributed by atoms with Gasteiger partial charge in [0.05, 0.1) is 6.04 Å². The molecular weight excluding hydrogens is 422 g/mol. The Hall–Kier alpha value is -2.90. The van der Waals surface area contributed by atoms with Gasteiger partial charge < -0.3 is 25.9 Å². The highest BCUT2D eigenvalue weighted by Gasteiger charge is 2.43. The number of aldehydes is 1. The van der Waals surface area contributed by atoms with E-state index < -0.39 is 24.1 Å². The van der Waals surface area contributed by atoms with Crippen molar-refractivity contribution in [2.45, 2.75) is 88.3 Å². The van der Waals surface area contributed by atoms with Crippen LogP contribution in [0.5, 0.6) is 0 Å². The van der Waals surface area contributed by atoms with Crippen molar-refractivity contribution in [2.24, 2.45) is 5.92 Å². The van der Waals surface area contributed by atoms with E-state index in [1.807, 2.05) is 30.3 Å². The molecule has 0 aromatic heterocycles. The monoisotopic (exact) mass is 457 g/mol. The minimum Gasteiger partial charge on any atom is -0.465 e. The second-order valence-corrected chi connectivity index (χ2v) is 9.52. The first-order valence-electron chi connectivity index (χ1n) is 12.0. The average Bonchev–Trinajstić information content (AvgIpc) is 3.55. The van der Waals surface area contributed by atoms with Gasteiger partial charge in [0.15, 0.2) is 0 Å². The van der Waals surface area contributed by atoms with Gasteiger partial charge in [-0.3, -0.25) is 9.59 Å². The van der Waals surface area contributed by atoms with Crippen molar-refractivity contribution in [3.05, 3.63) is 35.9 Å². The van der Waals surface area contributed by atoms with E-state index in [2.05, 4.69) is 16.0 Å². The highest BCUT2D eigenvalue weighted by molar-refractivity contribution is 5.87. The minimum atomic E-state index is -1.26. The van der Waals surface area contributed by atoms with Gasteiger partial charge in [-0.1, -0.05) is 62.4 Å². The third kappa shape index (κ3) is 8.18. The molecule has 33 heavy (non-hydrogen) atoms. The van der Waals surface area contributed by atoms with Crippen LogP contribution in [0, 0.1) is 5.92 Å². The molecular formula is C25H35N3O5. The van der Waals surface area contributed by atoms with Gasteiger partial charge in [0.2, 0.25) is 11.8 Å². The lowest BCUT2D eigenvalue weighted by atomic mass is 9.84. The number of carboxylic acid groups (broad SMARTS) is 1. The van der Waals surface area contributed by atoms with Crippen LogP contribution in [-0.4, -0.2) is 46.9 Å². The van der Waals surface area contributed by atoms with Crippen molar-refractivity contribution in [1.29, 1.82) is 0 Å². The van der Waals surface area contributed by atoms with Crippen LogP contribution in [0.3, 0.4) is 0 Å². The summed E-state index contributed by atoms with van der Waals surface area (Å²) in [6.07, 6.45) is 7.97. The summed E-state index contributed by atoms with van der Waals surface area (Å²) < 4.78 is 0. The average molecular weight is 458 g/mol. The molecule has 8 nitrogen and oxygen atoms in total. The molecule has 0 bridgehead atoms. The predicted molar refractivity (Wildman–Crippen MR) is 124 cm³/mol. The van der Waals surface area contributed by atoms with Gasteiger partial charge in [0, 0.05) is 12.0 Å². The number of rotatable bonds is 12. The Morgan fingerprint density at radius 2 is 1.76 bits per heavy atom. The maximum Gasteiger partial charge on any atom is 0.405 e. The van der Waals surface area contributed by atoms with Crippen LogP contribution in [0.4, 0.5) is 4.79 Å². The third-order valence-electron chi connectivity index (χ3n) is 6.73. The number of hydrogen-bond donors (Lipinski definition) is 4. The molecule has 1 aromatic rings. The summed E-state index contributed by atoms with van der Waals surface area (Å²) >= 11 is 0.